The van der Waals surface area contributed by atoms with E-state index in [1.807, 2.05) is 19.2 Å². The number of benzene rings is 1. The summed E-state index contributed by atoms with van der Waals surface area (Å²) in [5.74, 6) is 0. The molecule has 0 saturated carbocycles. The molecular weight excluding hydrogens is 306 g/mol. The Morgan fingerprint density at radius 1 is 1.31 bits per heavy atom. The number of rotatable bonds is 3. The zero-order chi connectivity index (χ0) is 11.5. The van der Waals surface area contributed by atoms with Gasteiger partial charge in [0.2, 0.25) is 0 Å². The maximum absolute atomic E-state index is 6.08. The predicted octanol–water partition coefficient (Wildman–Crippen LogP) is 4.55. The van der Waals surface area contributed by atoms with Gasteiger partial charge in [-0.2, -0.15) is 0 Å². The largest absolute Gasteiger partial charge is 0.315 e. The van der Waals surface area contributed by atoms with E-state index in [-0.39, 0.29) is 0 Å². The molecule has 1 N–H and O–H groups in total. The topological polar surface area (TPSA) is 12.0 Å². The Morgan fingerprint density at radius 2 is 2.12 bits per heavy atom. The summed E-state index contributed by atoms with van der Waals surface area (Å²) in [4.78, 5) is 2.56. The number of hydrogen-bond donors (Lipinski definition) is 1. The first-order valence-corrected chi connectivity index (χ1v) is 6.89. The lowest BCUT2D eigenvalue weighted by Crippen LogP contribution is -2.02. The maximum atomic E-state index is 6.08. The SMILES string of the molecule is CNCc1ccc(-c2cccc(Cl)c2Br)s1. The highest BCUT2D eigenvalue weighted by molar-refractivity contribution is 9.10. The molecule has 0 radical (unpaired) electrons. The van der Waals surface area contributed by atoms with E-state index in [0.717, 1.165) is 21.6 Å². The van der Waals surface area contributed by atoms with Crippen LogP contribution in [0.5, 0.6) is 0 Å². The van der Waals surface area contributed by atoms with Gasteiger partial charge in [-0.1, -0.05) is 23.7 Å². The van der Waals surface area contributed by atoms with Crippen LogP contribution >= 0.6 is 38.9 Å². The van der Waals surface area contributed by atoms with Gasteiger partial charge in [-0.25, -0.2) is 0 Å². The van der Waals surface area contributed by atoms with E-state index >= 15 is 0 Å². The van der Waals surface area contributed by atoms with Crippen LogP contribution < -0.4 is 5.32 Å². The van der Waals surface area contributed by atoms with Crippen molar-refractivity contribution in [2.45, 2.75) is 6.54 Å². The Hall–Kier alpha value is -0.350. The number of halogens is 2. The minimum absolute atomic E-state index is 0.751. The smallest absolute Gasteiger partial charge is 0.0554 e. The van der Waals surface area contributed by atoms with E-state index < -0.39 is 0 Å². The van der Waals surface area contributed by atoms with Gasteiger partial charge in [-0.05, 0) is 41.2 Å². The highest BCUT2D eigenvalue weighted by Gasteiger charge is 2.08. The molecule has 16 heavy (non-hydrogen) atoms. The maximum Gasteiger partial charge on any atom is 0.0554 e. The molecule has 2 aromatic rings. The second-order valence-electron chi connectivity index (χ2n) is 3.40. The minimum Gasteiger partial charge on any atom is -0.315 e. The van der Waals surface area contributed by atoms with Crippen LogP contribution in [-0.2, 0) is 6.54 Å². The summed E-state index contributed by atoms with van der Waals surface area (Å²) in [5, 5.41) is 3.90. The average molecular weight is 317 g/mol. The van der Waals surface area contributed by atoms with Crippen molar-refractivity contribution in [3.63, 3.8) is 0 Å². The Labute approximate surface area is 113 Å². The van der Waals surface area contributed by atoms with Gasteiger partial charge in [0.15, 0.2) is 0 Å². The molecule has 0 aliphatic heterocycles. The molecule has 0 fully saturated rings. The van der Waals surface area contributed by atoms with Crippen molar-refractivity contribution in [2.24, 2.45) is 0 Å². The summed E-state index contributed by atoms with van der Waals surface area (Å²) >= 11 is 11.4. The minimum atomic E-state index is 0.751. The second-order valence-corrected chi connectivity index (χ2v) is 5.77. The molecule has 0 bridgehead atoms. The lowest BCUT2D eigenvalue weighted by Gasteiger charge is -2.02. The predicted molar refractivity (Wildman–Crippen MR) is 75.2 cm³/mol. The zero-order valence-corrected chi connectivity index (χ0v) is 11.9. The van der Waals surface area contributed by atoms with Crippen LogP contribution in [0.2, 0.25) is 5.02 Å². The van der Waals surface area contributed by atoms with Crippen LogP contribution in [0, 0.1) is 0 Å². The highest BCUT2D eigenvalue weighted by Crippen LogP contribution is 2.37. The first-order valence-electron chi connectivity index (χ1n) is 4.90. The third-order valence-corrected chi connectivity index (χ3v) is 4.75. The van der Waals surface area contributed by atoms with Crippen molar-refractivity contribution in [3.05, 3.63) is 44.7 Å². The molecule has 0 aliphatic rings. The normalized spacial score (nSPS) is 10.7. The van der Waals surface area contributed by atoms with Crippen LogP contribution in [0.25, 0.3) is 10.4 Å². The third kappa shape index (κ3) is 2.48. The molecular formula is C12H11BrClNS. The summed E-state index contributed by atoms with van der Waals surface area (Å²) in [6.45, 7) is 0.906. The Kier molecular flexibility index (Phi) is 4.03. The number of hydrogen-bond acceptors (Lipinski definition) is 2. The average Bonchev–Trinajstić information content (AvgIpc) is 2.71. The summed E-state index contributed by atoms with van der Waals surface area (Å²) in [6, 6.07) is 10.2. The Bertz CT molecular complexity index is 496. The van der Waals surface area contributed by atoms with Crippen molar-refractivity contribution in [1.82, 2.24) is 5.32 Å². The fourth-order valence-electron chi connectivity index (χ4n) is 1.49. The van der Waals surface area contributed by atoms with Gasteiger partial charge in [0.05, 0.1) is 5.02 Å². The fourth-order valence-corrected chi connectivity index (χ4v) is 3.32. The van der Waals surface area contributed by atoms with Crippen LogP contribution in [0.3, 0.4) is 0 Å². The molecule has 0 amide bonds. The standard InChI is InChI=1S/C12H11BrClNS/c1-15-7-8-5-6-11(16-8)9-3-2-4-10(14)12(9)13/h2-6,15H,7H2,1H3. The molecule has 84 valence electrons. The molecule has 4 heteroatoms. The summed E-state index contributed by atoms with van der Waals surface area (Å²) in [7, 11) is 1.95. The first kappa shape index (κ1) is 12.1. The van der Waals surface area contributed by atoms with Crippen molar-refractivity contribution in [3.8, 4) is 10.4 Å². The second kappa shape index (κ2) is 5.32. The van der Waals surface area contributed by atoms with Gasteiger partial charge in [0.1, 0.15) is 0 Å². The van der Waals surface area contributed by atoms with E-state index in [1.165, 1.54) is 9.75 Å². The van der Waals surface area contributed by atoms with Crippen molar-refractivity contribution >= 4 is 38.9 Å². The van der Waals surface area contributed by atoms with Crippen LogP contribution in [0.4, 0.5) is 0 Å². The van der Waals surface area contributed by atoms with E-state index in [4.69, 9.17) is 11.6 Å². The Balaban J connectivity index is 2.39. The van der Waals surface area contributed by atoms with Crippen molar-refractivity contribution in [2.75, 3.05) is 7.05 Å². The molecule has 1 nitrogen and oxygen atoms in total. The molecule has 0 saturated heterocycles. The third-order valence-electron chi connectivity index (χ3n) is 2.23. The van der Waals surface area contributed by atoms with Gasteiger partial charge in [0, 0.05) is 26.3 Å². The van der Waals surface area contributed by atoms with Gasteiger partial charge in [-0.15, -0.1) is 11.3 Å². The van der Waals surface area contributed by atoms with E-state index in [9.17, 15) is 0 Å². The molecule has 1 heterocycles. The molecule has 0 aliphatic carbocycles. The lowest BCUT2D eigenvalue weighted by atomic mass is 10.2. The number of thiophene rings is 1. The lowest BCUT2D eigenvalue weighted by molar-refractivity contribution is 0.831. The summed E-state index contributed by atoms with van der Waals surface area (Å²) in [6.07, 6.45) is 0. The quantitative estimate of drug-likeness (QED) is 0.876. The first-order chi connectivity index (χ1) is 7.72. The van der Waals surface area contributed by atoms with Crippen LogP contribution in [0.15, 0.2) is 34.8 Å². The van der Waals surface area contributed by atoms with Crippen LogP contribution in [-0.4, -0.2) is 7.05 Å². The Morgan fingerprint density at radius 3 is 2.88 bits per heavy atom. The van der Waals surface area contributed by atoms with E-state index in [2.05, 4.69) is 39.4 Å². The fraction of sp³-hybridized carbons (Fsp3) is 0.167. The van der Waals surface area contributed by atoms with Gasteiger partial charge in [-0.3, -0.25) is 0 Å². The van der Waals surface area contributed by atoms with Gasteiger partial charge in [0.25, 0.3) is 0 Å². The monoisotopic (exact) mass is 315 g/mol. The zero-order valence-electron chi connectivity index (χ0n) is 8.76. The summed E-state index contributed by atoms with van der Waals surface area (Å²) in [5.41, 5.74) is 1.15. The molecule has 2 rings (SSSR count). The van der Waals surface area contributed by atoms with E-state index in [1.54, 1.807) is 11.3 Å². The van der Waals surface area contributed by atoms with Crippen LogP contribution in [0.1, 0.15) is 4.88 Å². The van der Waals surface area contributed by atoms with E-state index in [0.29, 0.717) is 0 Å². The number of nitrogens with one attached hydrogen (secondary N) is 1. The molecule has 0 atom stereocenters. The molecule has 1 aromatic carbocycles. The molecule has 0 unspecified atom stereocenters. The highest BCUT2D eigenvalue weighted by atomic mass is 79.9. The van der Waals surface area contributed by atoms with Crippen molar-refractivity contribution < 1.29 is 0 Å². The molecule has 0 spiro atoms. The van der Waals surface area contributed by atoms with Gasteiger partial charge >= 0.3 is 0 Å². The summed E-state index contributed by atoms with van der Waals surface area (Å²) < 4.78 is 0.967. The van der Waals surface area contributed by atoms with Crippen molar-refractivity contribution in [1.29, 1.82) is 0 Å². The van der Waals surface area contributed by atoms with Gasteiger partial charge < -0.3 is 5.32 Å². The molecule has 1 aromatic heterocycles.